The maximum atomic E-state index is 13.4. The molecule has 2 heterocycles. The number of thiazole rings is 1. The molecule has 0 fully saturated rings. The number of nitrogens with zero attached hydrogens (tertiary/aromatic N) is 4. The molecule has 200 valence electrons. The number of aliphatic hydroxyl groups is 2. The molecule has 1 amide bonds. The van der Waals surface area contributed by atoms with Gasteiger partial charge in [0.2, 0.25) is 0 Å². The molecule has 0 saturated carbocycles. The third kappa shape index (κ3) is 7.33. The van der Waals surface area contributed by atoms with Gasteiger partial charge in [0, 0.05) is 31.9 Å². The quantitative estimate of drug-likeness (QED) is 0.194. The third-order valence-corrected chi connectivity index (χ3v) is 6.67. The topological polar surface area (TPSA) is 133 Å². The first-order valence-corrected chi connectivity index (χ1v) is 12.9. The lowest BCUT2D eigenvalue weighted by atomic mass is 10.2. The summed E-state index contributed by atoms with van der Waals surface area (Å²) in [5, 5.41) is 24.7. The average Bonchev–Trinajstić information content (AvgIpc) is 3.34. The Kier molecular flexibility index (Phi) is 9.73. The van der Waals surface area contributed by atoms with Crippen LogP contribution in [0.3, 0.4) is 0 Å². The summed E-state index contributed by atoms with van der Waals surface area (Å²) >= 11 is 7.54. The van der Waals surface area contributed by atoms with Gasteiger partial charge in [0.05, 0.1) is 18.2 Å². The molecular formula is C25H26ClFN6O4S. The summed E-state index contributed by atoms with van der Waals surface area (Å²) in [6.45, 7) is 1.73. The van der Waals surface area contributed by atoms with Crippen molar-refractivity contribution in [1.29, 1.82) is 0 Å². The molecule has 0 atom stereocenters. The number of aliphatic hydroxyl groups excluding tert-OH is 2. The van der Waals surface area contributed by atoms with Gasteiger partial charge in [-0.05, 0) is 35.9 Å². The smallest absolute Gasteiger partial charge is 0.280 e. The highest BCUT2D eigenvalue weighted by atomic mass is 35.5. The summed E-state index contributed by atoms with van der Waals surface area (Å²) < 4.78 is 19.1. The lowest BCUT2D eigenvalue weighted by molar-refractivity contribution is 0.0944. The molecule has 0 bridgehead atoms. The van der Waals surface area contributed by atoms with Crippen LogP contribution in [0, 0.1) is 5.82 Å². The van der Waals surface area contributed by atoms with Crippen LogP contribution in [-0.4, -0.2) is 75.4 Å². The molecule has 4 rings (SSSR count). The number of carbonyl (C=O) groups excluding carboxylic acids is 1. The normalized spacial score (nSPS) is 11.2. The molecule has 0 unspecified atom stereocenters. The van der Waals surface area contributed by atoms with Crippen molar-refractivity contribution < 1.29 is 24.1 Å². The second-order valence-corrected chi connectivity index (χ2v) is 9.51. The second kappa shape index (κ2) is 13.4. The zero-order valence-corrected chi connectivity index (χ0v) is 21.8. The Hall–Kier alpha value is -3.42. The fourth-order valence-corrected chi connectivity index (χ4v) is 4.64. The van der Waals surface area contributed by atoms with Crippen LogP contribution in [0.1, 0.15) is 15.4 Å². The standard InChI is InChI=1S/C25H26ClFN6O4S/c26-19-13-18(4-5-20(19)37-14-16-2-1-3-17(27)12-16)31-22-21-24(30-15-29-22)38-25(32-21)23(36)28-6-7-33(8-10-34)9-11-35/h1-5,12-13,15,34-35H,6-11,14H2,(H,28,36)(H,29,30,31). The Morgan fingerprint density at radius 3 is 2.66 bits per heavy atom. The first-order valence-electron chi connectivity index (χ1n) is 11.7. The molecule has 0 radical (unpaired) electrons. The van der Waals surface area contributed by atoms with Gasteiger partial charge >= 0.3 is 0 Å². The van der Waals surface area contributed by atoms with E-state index in [9.17, 15) is 9.18 Å². The minimum atomic E-state index is -0.352. The van der Waals surface area contributed by atoms with Gasteiger partial charge in [0.15, 0.2) is 10.8 Å². The largest absolute Gasteiger partial charge is 0.487 e. The molecule has 0 spiro atoms. The number of ether oxygens (including phenoxy) is 1. The van der Waals surface area contributed by atoms with Crippen LogP contribution in [-0.2, 0) is 6.61 Å². The van der Waals surface area contributed by atoms with Crippen molar-refractivity contribution >= 4 is 50.7 Å². The van der Waals surface area contributed by atoms with E-state index in [0.29, 0.717) is 64.4 Å². The highest BCUT2D eigenvalue weighted by Crippen LogP contribution is 2.31. The number of hydrogen-bond acceptors (Lipinski definition) is 10. The average molecular weight is 561 g/mol. The lowest BCUT2D eigenvalue weighted by Gasteiger charge is -2.19. The highest BCUT2D eigenvalue weighted by molar-refractivity contribution is 7.19. The fraction of sp³-hybridized carbons (Fsp3) is 0.280. The van der Waals surface area contributed by atoms with Crippen LogP contribution in [0.2, 0.25) is 5.02 Å². The van der Waals surface area contributed by atoms with E-state index >= 15 is 0 Å². The van der Waals surface area contributed by atoms with E-state index in [1.54, 1.807) is 30.3 Å². The molecule has 4 aromatic rings. The summed E-state index contributed by atoms with van der Waals surface area (Å²) in [6.07, 6.45) is 1.38. The fourth-order valence-electron chi connectivity index (χ4n) is 3.58. The molecule has 10 nitrogen and oxygen atoms in total. The van der Waals surface area contributed by atoms with E-state index < -0.39 is 0 Å². The number of aromatic nitrogens is 3. The number of rotatable bonds is 13. The molecular weight excluding hydrogens is 535 g/mol. The van der Waals surface area contributed by atoms with Gasteiger partial charge in [-0.2, -0.15) is 0 Å². The molecule has 0 aliphatic carbocycles. The van der Waals surface area contributed by atoms with E-state index in [1.807, 2.05) is 4.90 Å². The van der Waals surface area contributed by atoms with Crippen molar-refractivity contribution in [3.63, 3.8) is 0 Å². The predicted octanol–water partition coefficient (Wildman–Crippen LogP) is 3.22. The molecule has 2 aromatic heterocycles. The highest BCUT2D eigenvalue weighted by Gasteiger charge is 2.17. The molecule has 2 aromatic carbocycles. The Balaban J connectivity index is 1.40. The molecule has 0 aliphatic rings. The monoisotopic (exact) mass is 560 g/mol. The Morgan fingerprint density at radius 1 is 1.11 bits per heavy atom. The van der Waals surface area contributed by atoms with Gasteiger partial charge in [-0.25, -0.2) is 19.3 Å². The van der Waals surface area contributed by atoms with Crippen molar-refractivity contribution in [1.82, 2.24) is 25.2 Å². The van der Waals surface area contributed by atoms with Gasteiger partial charge in [0.25, 0.3) is 5.91 Å². The number of hydrogen-bond donors (Lipinski definition) is 4. The van der Waals surface area contributed by atoms with Crippen molar-refractivity contribution in [2.45, 2.75) is 6.61 Å². The van der Waals surface area contributed by atoms with Gasteiger partial charge in [-0.15, -0.1) is 0 Å². The number of anilines is 2. The Bertz CT molecular complexity index is 1390. The van der Waals surface area contributed by atoms with Crippen molar-refractivity contribution in [3.05, 3.63) is 70.2 Å². The van der Waals surface area contributed by atoms with Gasteiger partial charge < -0.3 is 25.6 Å². The third-order valence-electron chi connectivity index (χ3n) is 5.41. The summed E-state index contributed by atoms with van der Waals surface area (Å²) in [5.41, 5.74) is 1.75. The molecule has 13 heteroatoms. The van der Waals surface area contributed by atoms with Gasteiger partial charge in [0.1, 0.15) is 34.8 Å². The number of benzene rings is 2. The van der Waals surface area contributed by atoms with Gasteiger partial charge in [-0.3, -0.25) is 9.69 Å². The van der Waals surface area contributed by atoms with E-state index in [1.165, 1.54) is 18.5 Å². The maximum Gasteiger partial charge on any atom is 0.280 e. The van der Waals surface area contributed by atoms with E-state index in [4.69, 9.17) is 26.6 Å². The summed E-state index contributed by atoms with van der Waals surface area (Å²) in [4.78, 5) is 27.9. The Morgan fingerprint density at radius 2 is 1.92 bits per heavy atom. The summed E-state index contributed by atoms with van der Waals surface area (Å²) in [5.74, 6) is 0.165. The van der Waals surface area contributed by atoms with Crippen LogP contribution < -0.4 is 15.4 Å². The summed E-state index contributed by atoms with van der Waals surface area (Å²) in [7, 11) is 0. The van der Waals surface area contributed by atoms with Gasteiger partial charge in [-0.1, -0.05) is 35.1 Å². The van der Waals surface area contributed by atoms with Crippen LogP contribution >= 0.6 is 22.9 Å². The number of nitrogens with one attached hydrogen (secondary N) is 2. The lowest BCUT2D eigenvalue weighted by Crippen LogP contribution is -2.37. The molecule has 4 N–H and O–H groups in total. The van der Waals surface area contributed by atoms with E-state index in [0.717, 1.165) is 11.3 Å². The minimum Gasteiger partial charge on any atom is -0.487 e. The number of carbonyl (C=O) groups is 1. The molecule has 0 saturated heterocycles. The van der Waals surface area contributed by atoms with Crippen molar-refractivity contribution in [3.8, 4) is 5.75 Å². The number of amides is 1. The molecule has 0 aliphatic heterocycles. The minimum absolute atomic E-state index is 0.0316. The van der Waals surface area contributed by atoms with Crippen LogP contribution in [0.25, 0.3) is 10.3 Å². The zero-order valence-electron chi connectivity index (χ0n) is 20.2. The second-order valence-electron chi connectivity index (χ2n) is 8.13. The van der Waals surface area contributed by atoms with Crippen molar-refractivity contribution in [2.24, 2.45) is 0 Å². The summed E-state index contributed by atoms with van der Waals surface area (Å²) in [6, 6.07) is 11.3. The maximum absolute atomic E-state index is 13.4. The number of fused-ring (bicyclic) bond motifs is 1. The van der Waals surface area contributed by atoms with Crippen LogP contribution in [0.5, 0.6) is 5.75 Å². The first kappa shape index (κ1) is 27.6. The van der Waals surface area contributed by atoms with E-state index in [-0.39, 0.29) is 36.6 Å². The predicted molar refractivity (Wildman–Crippen MR) is 144 cm³/mol. The van der Waals surface area contributed by atoms with Crippen LogP contribution in [0.15, 0.2) is 48.8 Å². The SMILES string of the molecule is O=C(NCCN(CCO)CCO)c1nc2c(Nc3ccc(OCc4cccc(F)c4)c(Cl)c3)ncnc2s1. The van der Waals surface area contributed by atoms with E-state index in [2.05, 4.69) is 25.6 Å². The first-order chi connectivity index (χ1) is 18.5. The number of halogens is 2. The Labute approximate surface area is 227 Å². The van der Waals surface area contributed by atoms with Crippen LogP contribution in [0.4, 0.5) is 15.9 Å². The van der Waals surface area contributed by atoms with Crippen molar-refractivity contribution in [2.75, 3.05) is 44.7 Å². The molecule has 38 heavy (non-hydrogen) atoms. The zero-order chi connectivity index (χ0) is 26.9.